The molecule has 5 nitrogen and oxygen atoms in total. The van der Waals surface area contributed by atoms with Gasteiger partial charge in [0.15, 0.2) is 6.10 Å². The molecular weight excluding hydrogens is 765 g/mol. The number of carbonyl (C=O) groups excluding carboxylic acids is 2. The molecule has 62 heavy (non-hydrogen) atoms. The lowest BCUT2D eigenvalue weighted by Gasteiger charge is -2.18. The van der Waals surface area contributed by atoms with E-state index >= 15 is 0 Å². The first kappa shape index (κ1) is 59.6. The molecule has 5 heteroatoms. The van der Waals surface area contributed by atoms with Crippen molar-refractivity contribution in [1.29, 1.82) is 0 Å². The molecule has 0 amide bonds. The third kappa shape index (κ3) is 50.2. The molecule has 0 saturated heterocycles. The van der Waals surface area contributed by atoms with Crippen molar-refractivity contribution >= 4 is 11.9 Å². The zero-order valence-corrected chi connectivity index (χ0v) is 41.4. The van der Waals surface area contributed by atoms with Crippen LogP contribution >= 0.6 is 0 Å². The molecule has 1 atom stereocenters. The van der Waals surface area contributed by atoms with Gasteiger partial charge in [-0.05, 0) is 83.5 Å². The highest BCUT2D eigenvalue weighted by atomic mass is 16.6. The fourth-order valence-corrected chi connectivity index (χ4v) is 7.56. The van der Waals surface area contributed by atoms with Gasteiger partial charge in [-0.2, -0.15) is 0 Å². The summed E-state index contributed by atoms with van der Waals surface area (Å²) < 4.78 is 17.4. The molecule has 0 saturated carbocycles. The normalized spacial score (nSPS) is 12.6. The first-order valence-electron chi connectivity index (χ1n) is 26.8. The first-order chi connectivity index (χ1) is 30.6. The van der Waals surface area contributed by atoms with Crippen LogP contribution in [0.5, 0.6) is 0 Å². The SMILES string of the molecule is CC/C=C\C/C=C\C/C=C\CCCCCCCC(=O)OCC(COCCCCCCCCCCCC/C=C\C/C=C\CCCCC)OC(=O)CCCCCCCCCCCCC. The fourth-order valence-electron chi connectivity index (χ4n) is 7.56. The van der Waals surface area contributed by atoms with E-state index in [9.17, 15) is 9.59 Å². The Bertz CT molecular complexity index is 1070. The van der Waals surface area contributed by atoms with Crippen molar-refractivity contribution in [3.05, 3.63) is 60.8 Å². The topological polar surface area (TPSA) is 61.8 Å². The summed E-state index contributed by atoms with van der Waals surface area (Å²) in [4.78, 5) is 25.4. The van der Waals surface area contributed by atoms with E-state index in [1.807, 2.05) is 0 Å². The highest BCUT2D eigenvalue weighted by molar-refractivity contribution is 5.70. The number of carbonyl (C=O) groups is 2. The zero-order valence-electron chi connectivity index (χ0n) is 41.4. The quantitative estimate of drug-likeness (QED) is 0.0346. The number of rotatable bonds is 49. The van der Waals surface area contributed by atoms with E-state index in [1.54, 1.807) is 0 Å². The lowest BCUT2D eigenvalue weighted by Crippen LogP contribution is -2.30. The molecule has 0 aliphatic heterocycles. The van der Waals surface area contributed by atoms with E-state index in [1.165, 1.54) is 154 Å². The van der Waals surface area contributed by atoms with Gasteiger partial charge in [0.2, 0.25) is 0 Å². The van der Waals surface area contributed by atoms with Crippen molar-refractivity contribution in [1.82, 2.24) is 0 Å². The standard InChI is InChI=1S/C57H102O5/c1-4-7-10-13-16-19-22-24-26-27-28-29-30-32-34-37-40-43-46-49-52-60-53-55(62-57(59)51-48-45-42-39-35-21-18-15-12-9-6-3)54-61-56(58)50-47-44-41-38-36-33-31-25-23-20-17-14-11-8-5-2/h8,11,16-17,19-20,24-26,31,55H,4-7,9-10,12-15,18,21-23,27-30,32-54H2,1-3H3/b11-8-,19-16-,20-17-,26-24-,31-25-. The average Bonchev–Trinajstić information content (AvgIpc) is 3.27. The molecule has 0 aromatic heterocycles. The Labute approximate surface area is 385 Å². The van der Waals surface area contributed by atoms with Gasteiger partial charge in [-0.3, -0.25) is 9.59 Å². The minimum atomic E-state index is -0.543. The van der Waals surface area contributed by atoms with Crippen LogP contribution in [0.25, 0.3) is 0 Å². The molecule has 0 bridgehead atoms. The second kappa shape index (κ2) is 52.9. The number of esters is 2. The first-order valence-corrected chi connectivity index (χ1v) is 26.8. The summed E-state index contributed by atoms with van der Waals surface area (Å²) in [6, 6.07) is 0. The van der Waals surface area contributed by atoms with Crippen molar-refractivity contribution in [3.63, 3.8) is 0 Å². The largest absolute Gasteiger partial charge is 0.462 e. The van der Waals surface area contributed by atoms with Gasteiger partial charge in [0.1, 0.15) is 6.61 Å². The molecule has 0 heterocycles. The van der Waals surface area contributed by atoms with Crippen LogP contribution in [0.3, 0.4) is 0 Å². The summed E-state index contributed by atoms with van der Waals surface area (Å²) in [5, 5.41) is 0. The monoisotopic (exact) mass is 867 g/mol. The third-order valence-electron chi connectivity index (χ3n) is 11.5. The third-order valence-corrected chi connectivity index (χ3v) is 11.5. The van der Waals surface area contributed by atoms with Gasteiger partial charge in [-0.15, -0.1) is 0 Å². The molecule has 0 rings (SSSR count). The van der Waals surface area contributed by atoms with Crippen LogP contribution in [0.2, 0.25) is 0 Å². The molecule has 1 unspecified atom stereocenters. The summed E-state index contributed by atoms with van der Waals surface area (Å²) in [5.41, 5.74) is 0. The summed E-state index contributed by atoms with van der Waals surface area (Å²) in [5.74, 6) is -0.410. The van der Waals surface area contributed by atoms with Crippen LogP contribution in [0.15, 0.2) is 60.8 Å². The maximum Gasteiger partial charge on any atom is 0.306 e. The minimum Gasteiger partial charge on any atom is -0.462 e. The molecule has 0 aliphatic carbocycles. The maximum atomic E-state index is 12.8. The molecular formula is C57H102O5. The fraction of sp³-hybridized carbons (Fsp3) is 0.789. The molecule has 0 spiro atoms. The summed E-state index contributed by atoms with van der Waals surface area (Å²) in [6.07, 6.45) is 66.6. The number of allylic oxidation sites excluding steroid dienone is 10. The second-order valence-corrected chi connectivity index (χ2v) is 17.8. The van der Waals surface area contributed by atoms with E-state index in [0.717, 1.165) is 77.0 Å². The van der Waals surface area contributed by atoms with Crippen LogP contribution in [-0.2, 0) is 23.8 Å². The number of ether oxygens (including phenoxy) is 3. The van der Waals surface area contributed by atoms with E-state index in [2.05, 4.69) is 81.5 Å². The van der Waals surface area contributed by atoms with Gasteiger partial charge in [0.25, 0.3) is 0 Å². The highest BCUT2D eigenvalue weighted by Gasteiger charge is 2.17. The van der Waals surface area contributed by atoms with E-state index in [-0.39, 0.29) is 25.2 Å². The minimum absolute atomic E-state index is 0.0767. The van der Waals surface area contributed by atoms with Crippen LogP contribution in [0.1, 0.15) is 265 Å². The van der Waals surface area contributed by atoms with E-state index in [0.29, 0.717) is 19.4 Å². The Hall–Kier alpha value is -2.40. The molecule has 0 aromatic carbocycles. The Balaban J connectivity index is 4.22. The average molecular weight is 867 g/mol. The molecule has 0 aliphatic rings. The number of hydrogen-bond donors (Lipinski definition) is 0. The number of hydrogen-bond acceptors (Lipinski definition) is 5. The lowest BCUT2D eigenvalue weighted by molar-refractivity contribution is -0.163. The summed E-state index contributed by atoms with van der Waals surface area (Å²) in [6.45, 7) is 7.69. The summed E-state index contributed by atoms with van der Waals surface area (Å²) in [7, 11) is 0. The van der Waals surface area contributed by atoms with E-state index < -0.39 is 6.10 Å². The highest BCUT2D eigenvalue weighted by Crippen LogP contribution is 2.15. The Kier molecular flexibility index (Phi) is 50.9. The molecule has 0 fully saturated rings. The predicted octanol–water partition coefficient (Wildman–Crippen LogP) is 18.1. The van der Waals surface area contributed by atoms with Crippen molar-refractivity contribution in [3.8, 4) is 0 Å². The second-order valence-electron chi connectivity index (χ2n) is 17.8. The lowest BCUT2D eigenvalue weighted by atomic mass is 10.1. The van der Waals surface area contributed by atoms with Gasteiger partial charge in [0, 0.05) is 19.4 Å². The van der Waals surface area contributed by atoms with Gasteiger partial charge < -0.3 is 14.2 Å². The maximum absolute atomic E-state index is 12.8. The molecule has 0 aromatic rings. The van der Waals surface area contributed by atoms with Gasteiger partial charge in [-0.25, -0.2) is 0 Å². The van der Waals surface area contributed by atoms with Gasteiger partial charge in [-0.1, -0.05) is 229 Å². The van der Waals surface area contributed by atoms with Crippen LogP contribution in [0.4, 0.5) is 0 Å². The summed E-state index contributed by atoms with van der Waals surface area (Å²) >= 11 is 0. The van der Waals surface area contributed by atoms with Crippen LogP contribution in [-0.4, -0.2) is 37.9 Å². The molecule has 0 N–H and O–H groups in total. The van der Waals surface area contributed by atoms with Crippen molar-refractivity contribution < 1.29 is 23.8 Å². The van der Waals surface area contributed by atoms with E-state index in [4.69, 9.17) is 14.2 Å². The molecule has 0 radical (unpaired) electrons. The van der Waals surface area contributed by atoms with Crippen LogP contribution in [0, 0.1) is 0 Å². The predicted molar refractivity (Wildman–Crippen MR) is 270 cm³/mol. The Morgan fingerprint density at radius 1 is 0.371 bits per heavy atom. The molecule has 360 valence electrons. The smallest absolute Gasteiger partial charge is 0.306 e. The Morgan fingerprint density at radius 3 is 1.19 bits per heavy atom. The van der Waals surface area contributed by atoms with Gasteiger partial charge in [0.05, 0.1) is 6.61 Å². The number of unbranched alkanes of at least 4 members (excludes halogenated alkanes) is 28. The zero-order chi connectivity index (χ0) is 44.9. The van der Waals surface area contributed by atoms with Crippen molar-refractivity contribution in [2.24, 2.45) is 0 Å². The van der Waals surface area contributed by atoms with Gasteiger partial charge >= 0.3 is 11.9 Å². The van der Waals surface area contributed by atoms with Crippen molar-refractivity contribution in [2.45, 2.75) is 271 Å². The Morgan fingerprint density at radius 2 is 0.726 bits per heavy atom. The van der Waals surface area contributed by atoms with Crippen molar-refractivity contribution in [2.75, 3.05) is 19.8 Å². The van der Waals surface area contributed by atoms with Crippen LogP contribution < -0.4 is 0 Å².